The van der Waals surface area contributed by atoms with Crippen molar-refractivity contribution >= 4 is 0 Å². The predicted octanol–water partition coefficient (Wildman–Crippen LogP) is 2.08. The van der Waals surface area contributed by atoms with Crippen LogP contribution in [0.2, 0.25) is 0 Å². The summed E-state index contributed by atoms with van der Waals surface area (Å²) in [7, 11) is 0. The third-order valence-corrected chi connectivity index (χ3v) is 3.35. The van der Waals surface area contributed by atoms with Crippen molar-refractivity contribution in [2.45, 2.75) is 20.3 Å². The zero-order chi connectivity index (χ0) is 7.90. The highest BCUT2D eigenvalue weighted by Gasteiger charge is 2.41. The minimum absolute atomic E-state index is 0.481. The summed E-state index contributed by atoms with van der Waals surface area (Å²) in [6.07, 6.45) is 7.97. The van der Waals surface area contributed by atoms with E-state index in [0.29, 0.717) is 11.3 Å². The molecule has 1 heteroatoms. The first kappa shape index (κ1) is 6.96. The molecule has 1 aliphatic heterocycles. The van der Waals surface area contributed by atoms with E-state index >= 15 is 0 Å². The lowest BCUT2D eigenvalue weighted by Crippen LogP contribution is -2.44. The molecule has 2 rings (SSSR count). The fraction of sp³-hybridized carbons (Fsp3) is 0.600. The zero-order valence-corrected chi connectivity index (χ0v) is 7.22. The molecule has 0 saturated carbocycles. The van der Waals surface area contributed by atoms with E-state index in [1.165, 1.54) is 6.42 Å². The Labute approximate surface area is 68.2 Å². The molecule has 1 heterocycles. The molecule has 0 saturated heterocycles. The highest BCUT2D eigenvalue weighted by Crippen LogP contribution is 2.47. The summed E-state index contributed by atoms with van der Waals surface area (Å²) in [5.74, 6) is 0.716. The molecule has 0 aromatic carbocycles. The summed E-state index contributed by atoms with van der Waals surface area (Å²) in [6.45, 7) is 5.70. The number of rotatable bonds is 0. The molecule has 0 fully saturated rings. The molecule has 60 valence electrons. The van der Waals surface area contributed by atoms with E-state index in [9.17, 15) is 0 Å². The minimum atomic E-state index is 0.481. The summed E-state index contributed by atoms with van der Waals surface area (Å²) in [4.78, 5) is 0. The van der Waals surface area contributed by atoms with Crippen LogP contribution in [0.15, 0.2) is 23.9 Å². The molecular weight excluding hydrogens is 134 g/mol. The van der Waals surface area contributed by atoms with Gasteiger partial charge in [-0.1, -0.05) is 24.6 Å². The summed E-state index contributed by atoms with van der Waals surface area (Å²) in [5, 5.41) is 3.32. The Kier molecular flexibility index (Phi) is 1.35. The second-order valence-corrected chi connectivity index (χ2v) is 3.78. The largest absolute Gasteiger partial charge is 0.390 e. The van der Waals surface area contributed by atoms with Gasteiger partial charge in [0.1, 0.15) is 0 Å². The summed E-state index contributed by atoms with van der Waals surface area (Å²) >= 11 is 0. The SMILES string of the molecule is CC1=CCC12CNC=CC2C. The molecule has 2 unspecified atom stereocenters. The van der Waals surface area contributed by atoms with Gasteiger partial charge in [-0.2, -0.15) is 0 Å². The monoisotopic (exact) mass is 149 g/mol. The Balaban J connectivity index is 2.27. The minimum Gasteiger partial charge on any atom is -0.390 e. The van der Waals surface area contributed by atoms with Crippen molar-refractivity contribution in [1.29, 1.82) is 0 Å². The van der Waals surface area contributed by atoms with Crippen molar-refractivity contribution in [1.82, 2.24) is 5.32 Å². The van der Waals surface area contributed by atoms with E-state index in [2.05, 4.69) is 37.5 Å². The van der Waals surface area contributed by atoms with Crippen molar-refractivity contribution in [2.24, 2.45) is 11.3 Å². The highest BCUT2D eigenvalue weighted by molar-refractivity contribution is 5.29. The van der Waals surface area contributed by atoms with Gasteiger partial charge in [0.05, 0.1) is 0 Å². The van der Waals surface area contributed by atoms with Crippen LogP contribution in [0.3, 0.4) is 0 Å². The smallest absolute Gasteiger partial charge is 0.0243 e. The van der Waals surface area contributed by atoms with Crippen LogP contribution in [0.5, 0.6) is 0 Å². The van der Waals surface area contributed by atoms with Gasteiger partial charge in [0, 0.05) is 12.0 Å². The maximum atomic E-state index is 3.32. The van der Waals surface area contributed by atoms with E-state index in [4.69, 9.17) is 0 Å². The molecule has 1 spiro atoms. The van der Waals surface area contributed by atoms with Crippen molar-refractivity contribution in [2.75, 3.05) is 6.54 Å². The third kappa shape index (κ3) is 0.770. The van der Waals surface area contributed by atoms with Crippen LogP contribution < -0.4 is 5.32 Å². The maximum Gasteiger partial charge on any atom is 0.0243 e. The first-order valence-corrected chi connectivity index (χ1v) is 4.33. The fourth-order valence-corrected chi connectivity index (χ4v) is 2.12. The van der Waals surface area contributed by atoms with Gasteiger partial charge >= 0.3 is 0 Å². The standard InChI is InChI=1S/C10H15N/c1-8-3-5-10(8)7-11-6-4-9(10)2/h3-4,6,9,11H,5,7H2,1-2H3. The van der Waals surface area contributed by atoms with Crippen LogP contribution in [0.4, 0.5) is 0 Å². The third-order valence-electron chi connectivity index (χ3n) is 3.35. The number of hydrogen-bond acceptors (Lipinski definition) is 1. The van der Waals surface area contributed by atoms with Crippen molar-refractivity contribution in [3.05, 3.63) is 23.9 Å². The molecule has 0 aromatic heterocycles. The van der Waals surface area contributed by atoms with E-state index < -0.39 is 0 Å². The molecule has 1 N–H and O–H groups in total. The molecule has 0 aromatic rings. The van der Waals surface area contributed by atoms with Crippen LogP contribution in [-0.4, -0.2) is 6.54 Å². The first-order valence-electron chi connectivity index (χ1n) is 4.33. The summed E-state index contributed by atoms with van der Waals surface area (Å²) < 4.78 is 0. The average Bonchev–Trinajstić information content (AvgIpc) is 2.03. The zero-order valence-electron chi connectivity index (χ0n) is 7.22. The van der Waals surface area contributed by atoms with Gasteiger partial charge in [-0.05, 0) is 25.5 Å². The summed E-state index contributed by atoms with van der Waals surface area (Å²) in [6, 6.07) is 0. The average molecular weight is 149 g/mol. The van der Waals surface area contributed by atoms with E-state index in [0.717, 1.165) is 6.54 Å². The van der Waals surface area contributed by atoms with E-state index in [1.54, 1.807) is 5.57 Å². The van der Waals surface area contributed by atoms with Gasteiger partial charge in [0.25, 0.3) is 0 Å². The van der Waals surface area contributed by atoms with Crippen molar-refractivity contribution < 1.29 is 0 Å². The molecule has 2 aliphatic rings. The second-order valence-electron chi connectivity index (χ2n) is 3.78. The molecule has 2 atom stereocenters. The molecule has 11 heavy (non-hydrogen) atoms. The predicted molar refractivity (Wildman–Crippen MR) is 47.1 cm³/mol. The Bertz CT molecular complexity index is 227. The quantitative estimate of drug-likeness (QED) is 0.520. The van der Waals surface area contributed by atoms with Gasteiger partial charge in [0.2, 0.25) is 0 Å². The number of allylic oxidation sites excluding steroid dienone is 2. The first-order chi connectivity index (χ1) is 5.26. The molecule has 0 bridgehead atoms. The molecule has 0 radical (unpaired) electrons. The van der Waals surface area contributed by atoms with Gasteiger partial charge in [-0.3, -0.25) is 0 Å². The maximum absolute atomic E-state index is 3.32. The van der Waals surface area contributed by atoms with Crippen molar-refractivity contribution in [3.63, 3.8) is 0 Å². The van der Waals surface area contributed by atoms with E-state index in [1.807, 2.05) is 0 Å². The van der Waals surface area contributed by atoms with Crippen LogP contribution in [0.1, 0.15) is 20.3 Å². The Morgan fingerprint density at radius 3 is 2.82 bits per heavy atom. The second kappa shape index (κ2) is 2.13. The topological polar surface area (TPSA) is 12.0 Å². The Morgan fingerprint density at radius 1 is 1.64 bits per heavy atom. The number of hydrogen-bond donors (Lipinski definition) is 1. The lowest BCUT2D eigenvalue weighted by atomic mass is 9.61. The van der Waals surface area contributed by atoms with Crippen LogP contribution in [0.25, 0.3) is 0 Å². The van der Waals surface area contributed by atoms with Crippen LogP contribution in [0, 0.1) is 11.3 Å². The Morgan fingerprint density at radius 2 is 2.45 bits per heavy atom. The van der Waals surface area contributed by atoms with Gasteiger partial charge in [-0.25, -0.2) is 0 Å². The normalized spacial score (nSPS) is 41.3. The molecule has 0 amide bonds. The van der Waals surface area contributed by atoms with Crippen molar-refractivity contribution in [3.8, 4) is 0 Å². The molecular formula is C10H15N. The summed E-state index contributed by atoms with van der Waals surface area (Å²) in [5.41, 5.74) is 2.05. The Hall–Kier alpha value is -0.720. The van der Waals surface area contributed by atoms with Gasteiger partial charge in [-0.15, -0.1) is 0 Å². The lowest BCUT2D eigenvalue weighted by Gasteiger charge is -2.46. The molecule has 1 aliphatic carbocycles. The van der Waals surface area contributed by atoms with E-state index in [-0.39, 0.29) is 0 Å². The van der Waals surface area contributed by atoms with Crippen LogP contribution >= 0.6 is 0 Å². The molecule has 1 nitrogen and oxygen atoms in total. The fourth-order valence-electron chi connectivity index (χ4n) is 2.12. The van der Waals surface area contributed by atoms with Crippen LogP contribution in [-0.2, 0) is 0 Å². The lowest BCUT2D eigenvalue weighted by molar-refractivity contribution is 0.225. The van der Waals surface area contributed by atoms with Gasteiger partial charge in [0.15, 0.2) is 0 Å². The highest BCUT2D eigenvalue weighted by atomic mass is 14.9. The number of nitrogens with one attached hydrogen (secondary N) is 1. The van der Waals surface area contributed by atoms with Gasteiger partial charge < -0.3 is 5.32 Å².